The molecule has 3 aromatic rings. The van der Waals surface area contributed by atoms with Crippen LogP contribution in [0, 0.1) is 0 Å². The van der Waals surface area contributed by atoms with E-state index in [0.717, 1.165) is 22.9 Å². The summed E-state index contributed by atoms with van der Waals surface area (Å²) in [6.45, 7) is 1.49. The summed E-state index contributed by atoms with van der Waals surface area (Å²) in [6, 6.07) is 7.67. The molecule has 0 unspecified atom stereocenters. The molecule has 0 aliphatic carbocycles. The monoisotopic (exact) mass is 362 g/mol. The maximum absolute atomic E-state index is 12.5. The van der Waals surface area contributed by atoms with Gasteiger partial charge in [0.15, 0.2) is 0 Å². The Hall–Kier alpha value is -3.23. The highest BCUT2D eigenvalue weighted by Crippen LogP contribution is 2.27. The quantitative estimate of drug-likeness (QED) is 0.777. The van der Waals surface area contributed by atoms with Gasteiger partial charge in [-0.25, -0.2) is 9.97 Å². The minimum atomic E-state index is -4.56. The summed E-state index contributed by atoms with van der Waals surface area (Å²) in [5, 5.41) is 2.80. The number of anilines is 1. The zero-order valence-electron chi connectivity index (χ0n) is 13.5. The topological polar surface area (TPSA) is 76.9 Å². The lowest BCUT2D eigenvalue weighted by Crippen LogP contribution is -2.31. The molecule has 0 spiro atoms. The summed E-state index contributed by atoms with van der Waals surface area (Å²) in [5.41, 5.74) is -0.841. The Labute approximate surface area is 145 Å². The second-order valence-corrected chi connectivity index (χ2v) is 5.57. The molecule has 0 aliphatic heterocycles. The van der Waals surface area contributed by atoms with Crippen LogP contribution in [0.2, 0.25) is 0 Å². The van der Waals surface area contributed by atoms with E-state index in [9.17, 15) is 22.8 Å². The molecule has 1 amide bonds. The number of alkyl halides is 3. The van der Waals surface area contributed by atoms with Gasteiger partial charge in [0.1, 0.15) is 11.7 Å². The molecule has 26 heavy (non-hydrogen) atoms. The average Bonchev–Trinajstić information content (AvgIpc) is 2.61. The first-order valence-corrected chi connectivity index (χ1v) is 7.57. The van der Waals surface area contributed by atoms with Gasteiger partial charge in [-0.05, 0) is 31.2 Å². The lowest BCUT2D eigenvalue weighted by atomic mass is 10.2. The second-order valence-electron chi connectivity index (χ2n) is 5.57. The van der Waals surface area contributed by atoms with E-state index in [1.54, 1.807) is 24.3 Å². The molecule has 6 nitrogen and oxygen atoms in total. The van der Waals surface area contributed by atoms with Crippen molar-refractivity contribution in [2.45, 2.75) is 19.1 Å². The van der Waals surface area contributed by atoms with E-state index in [2.05, 4.69) is 15.3 Å². The Morgan fingerprint density at radius 2 is 1.88 bits per heavy atom. The van der Waals surface area contributed by atoms with E-state index < -0.39 is 23.8 Å². The van der Waals surface area contributed by atoms with Crippen molar-refractivity contribution in [3.8, 4) is 0 Å². The first kappa shape index (κ1) is 17.6. The van der Waals surface area contributed by atoms with Crippen molar-refractivity contribution in [3.63, 3.8) is 0 Å². The van der Waals surface area contributed by atoms with Gasteiger partial charge in [-0.1, -0.05) is 12.1 Å². The molecule has 1 aromatic carbocycles. The highest BCUT2D eigenvalue weighted by Gasteiger charge is 2.32. The highest BCUT2D eigenvalue weighted by atomic mass is 19.4. The van der Waals surface area contributed by atoms with Crippen molar-refractivity contribution in [1.29, 1.82) is 0 Å². The third kappa shape index (κ3) is 3.41. The Morgan fingerprint density at radius 3 is 2.54 bits per heavy atom. The number of fused-ring (bicyclic) bond motifs is 1. The number of nitrogens with one attached hydrogen (secondary N) is 1. The van der Waals surface area contributed by atoms with Crippen LogP contribution in [0.25, 0.3) is 10.9 Å². The van der Waals surface area contributed by atoms with E-state index >= 15 is 0 Å². The molecule has 9 heteroatoms. The summed E-state index contributed by atoms with van der Waals surface area (Å²) in [6.07, 6.45) is -2.38. The van der Waals surface area contributed by atoms with Crippen molar-refractivity contribution in [1.82, 2.24) is 14.5 Å². The molecule has 0 radical (unpaired) electrons. The molecular weight excluding hydrogens is 349 g/mol. The predicted molar refractivity (Wildman–Crippen MR) is 88.6 cm³/mol. The molecule has 2 heterocycles. The van der Waals surface area contributed by atoms with Crippen molar-refractivity contribution >= 4 is 22.5 Å². The first-order valence-electron chi connectivity index (χ1n) is 7.57. The summed E-state index contributed by atoms with van der Waals surface area (Å²) in [7, 11) is 0. The van der Waals surface area contributed by atoms with Gasteiger partial charge < -0.3 is 5.32 Å². The lowest BCUT2D eigenvalue weighted by Gasteiger charge is -2.15. The largest absolute Gasteiger partial charge is 0.433 e. The number of nitrogens with zero attached hydrogens (tertiary/aromatic N) is 3. The molecule has 0 saturated carbocycles. The van der Waals surface area contributed by atoms with Crippen molar-refractivity contribution < 1.29 is 18.0 Å². The fourth-order valence-corrected chi connectivity index (χ4v) is 2.37. The van der Waals surface area contributed by atoms with E-state index in [1.165, 1.54) is 13.3 Å². The van der Waals surface area contributed by atoms with E-state index in [4.69, 9.17) is 0 Å². The predicted octanol–water partition coefficient (Wildman–Crippen LogP) is 3.01. The Morgan fingerprint density at radius 1 is 1.15 bits per heavy atom. The number of carbonyl (C=O) groups excluding carboxylic acids is 1. The Balaban J connectivity index is 1.82. The average molecular weight is 362 g/mol. The van der Waals surface area contributed by atoms with Crippen LogP contribution in [0.4, 0.5) is 18.9 Å². The molecular formula is C17H13F3N4O2. The lowest BCUT2D eigenvalue weighted by molar-refractivity contribution is -0.141. The summed E-state index contributed by atoms with van der Waals surface area (Å²) >= 11 is 0. The van der Waals surface area contributed by atoms with Gasteiger partial charge in [-0.3, -0.25) is 14.2 Å². The Bertz CT molecular complexity index is 1010. The van der Waals surface area contributed by atoms with Crippen LogP contribution in [-0.4, -0.2) is 20.4 Å². The van der Waals surface area contributed by atoms with E-state index in [0.29, 0.717) is 10.9 Å². The molecule has 0 aliphatic rings. The normalized spacial score (nSPS) is 12.8. The minimum absolute atomic E-state index is 0.0941. The van der Waals surface area contributed by atoms with Gasteiger partial charge in [-0.2, -0.15) is 13.2 Å². The maximum atomic E-state index is 12.5. The number of hydrogen-bond donors (Lipinski definition) is 1. The molecule has 134 valence electrons. The smallest absolute Gasteiger partial charge is 0.323 e. The van der Waals surface area contributed by atoms with Crippen LogP contribution >= 0.6 is 0 Å². The summed E-state index contributed by atoms with van der Waals surface area (Å²) in [5.74, 6) is -0.578. The number of carbonyl (C=O) groups is 1. The molecule has 1 atom stereocenters. The third-order valence-electron chi connectivity index (χ3n) is 3.81. The number of pyridine rings is 1. The molecule has 0 fully saturated rings. The van der Waals surface area contributed by atoms with Gasteiger partial charge in [0.25, 0.3) is 5.56 Å². The molecule has 0 bridgehead atoms. The van der Waals surface area contributed by atoms with Crippen molar-refractivity contribution in [3.05, 3.63) is 65.0 Å². The summed E-state index contributed by atoms with van der Waals surface area (Å²) < 4.78 is 38.7. The van der Waals surface area contributed by atoms with Crippen molar-refractivity contribution in [2.75, 3.05) is 5.32 Å². The van der Waals surface area contributed by atoms with Crippen LogP contribution in [0.3, 0.4) is 0 Å². The molecule has 0 saturated heterocycles. The summed E-state index contributed by atoms with van der Waals surface area (Å²) in [4.78, 5) is 32.2. The number of amides is 1. The number of halogens is 3. The maximum Gasteiger partial charge on any atom is 0.433 e. The van der Waals surface area contributed by atoms with Crippen LogP contribution in [0.15, 0.2) is 53.7 Å². The number of hydrogen-bond acceptors (Lipinski definition) is 4. The van der Waals surface area contributed by atoms with Crippen LogP contribution in [-0.2, 0) is 11.0 Å². The molecule has 1 N–H and O–H groups in total. The minimum Gasteiger partial charge on any atom is -0.323 e. The first-order chi connectivity index (χ1) is 12.3. The van der Waals surface area contributed by atoms with Crippen LogP contribution in [0.5, 0.6) is 0 Å². The zero-order valence-corrected chi connectivity index (χ0v) is 13.5. The zero-order chi connectivity index (χ0) is 18.9. The fraction of sp³-hybridized carbons (Fsp3) is 0.176. The highest BCUT2D eigenvalue weighted by molar-refractivity contribution is 5.93. The molecule has 3 rings (SSSR count). The van der Waals surface area contributed by atoms with Gasteiger partial charge >= 0.3 is 6.18 Å². The van der Waals surface area contributed by atoms with Gasteiger partial charge in [0, 0.05) is 0 Å². The number of para-hydroxylation sites is 1. The molecule has 2 aromatic heterocycles. The second kappa shape index (κ2) is 6.58. The SMILES string of the molecule is C[C@H](C(=O)Nc1ccc(C(F)(F)F)nc1)n1cnc2ccccc2c1=O. The van der Waals surface area contributed by atoms with Crippen molar-refractivity contribution in [2.24, 2.45) is 0 Å². The van der Waals surface area contributed by atoms with Gasteiger partial charge in [0.2, 0.25) is 5.91 Å². The number of benzene rings is 1. The van der Waals surface area contributed by atoms with E-state index in [-0.39, 0.29) is 11.2 Å². The van der Waals surface area contributed by atoms with Crippen LogP contribution < -0.4 is 10.9 Å². The number of rotatable bonds is 3. The van der Waals surface area contributed by atoms with Gasteiger partial charge in [-0.15, -0.1) is 0 Å². The number of aromatic nitrogens is 3. The standard InChI is InChI=1S/C17H13F3N4O2/c1-10(24-9-22-13-5-3-2-4-12(13)16(24)26)15(25)23-11-6-7-14(21-8-11)17(18,19)20/h2-10H,1H3,(H,23,25)/t10-/m1/s1. The van der Waals surface area contributed by atoms with Gasteiger partial charge in [0.05, 0.1) is 29.1 Å². The Kier molecular flexibility index (Phi) is 4.45. The fourth-order valence-electron chi connectivity index (χ4n) is 2.37. The van der Waals surface area contributed by atoms with E-state index in [1.807, 2.05) is 0 Å². The third-order valence-corrected chi connectivity index (χ3v) is 3.81. The van der Waals surface area contributed by atoms with Crippen LogP contribution in [0.1, 0.15) is 18.7 Å².